The molecule has 0 radical (unpaired) electrons. The van der Waals surface area contributed by atoms with E-state index in [2.05, 4.69) is 10.6 Å². The predicted octanol–water partition coefficient (Wildman–Crippen LogP) is 0.855. The zero-order chi connectivity index (χ0) is 35.2. The Kier molecular flexibility index (Phi) is 25.4. The fraction of sp³-hybridized carbons (Fsp3) is 0.727. The van der Waals surface area contributed by atoms with Crippen LogP contribution in [-0.2, 0) is 57.2 Å². The minimum atomic E-state index is -0.403. The summed E-state index contributed by atoms with van der Waals surface area (Å²) in [5.74, 6) is -1.04. The lowest BCUT2D eigenvalue weighted by Gasteiger charge is -2.12. The van der Waals surface area contributed by atoms with Crippen molar-refractivity contribution in [1.29, 1.82) is 0 Å². The molecule has 1 aliphatic heterocycles. The molecule has 0 aromatic heterocycles. The van der Waals surface area contributed by atoms with E-state index < -0.39 is 11.8 Å². The van der Waals surface area contributed by atoms with Crippen LogP contribution >= 0.6 is 0 Å². The molecule has 0 fully saturated rings. The van der Waals surface area contributed by atoms with Crippen molar-refractivity contribution in [3.63, 3.8) is 0 Å². The van der Waals surface area contributed by atoms with E-state index in [1.165, 1.54) is 12.2 Å². The first-order valence-corrected chi connectivity index (χ1v) is 16.6. The number of nitrogens with zero attached hydrogens (tertiary/aromatic N) is 1. The number of carbonyl (C=O) groups excluding carboxylic acids is 7. The van der Waals surface area contributed by atoms with Gasteiger partial charge >= 0.3 is 0 Å². The molecule has 15 heteroatoms. The molecule has 1 heterocycles. The molecule has 0 aromatic rings. The summed E-state index contributed by atoms with van der Waals surface area (Å²) in [6.45, 7) is 3.67. The maximum Gasteiger partial charge on any atom is 0.253 e. The summed E-state index contributed by atoms with van der Waals surface area (Å²) in [4.78, 5) is 83.2. The van der Waals surface area contributed by atoms with Crippen LogP contribution in [0.25, 0.3) is 0 Å². The predicted molar refractivity (Wildman–Crippen MR) is 173 cm³/mol. The van der Waals surface area contributed by atoms with Crippen molar-refractivity contribution >= 4 is 41.0 Å². The molecule has 48 heavy (non-hydrogen) atoms. The van der Waals surface area contributed by atoms with Crippen molar-refractivity contribution in [2.24, 2.45) is 0 Å². The Morgan fingerprint density at radius 2 is 0.917 bits per heavy atom. The summed E-state index contributed by atoms with van der Waals surface area (Å²) in [7, 11) is 1.60. The third-order valence-electron chi connectivity index (χ3n) is 6.94. The molecule has 4 amide bonds. The second-order valence-corrected chi connectivity index (χ2v) is 11.0. The summed E-state index contributed by atoms with van der Waals surface area (Å²) in [6.07, 6.45) is 6.32. The fourth-order valence-corrected chi connectivity index (χ4v) is 4.23. The van der Waals surface area contributed by atoms with Crippen LogP contribution in [0.1, 0.15) is 70.6 Å². The molecular formula is C33H53N3O12. The molecule has 2 N–H and O–H groups in total. The SMILES string of the molecule is COCCCC(=O)CCOCCNC(=O)CCOCCCC(=O)CCOCCNC(=O)CCOCCCC(=O)CCN1C(=O)C=CC1=O. The third kappa shape index (κ3) is 23.9. The quantitative estimate of drug-likeness (QED) is 0.0733. The molecule has 0 aliphatic carbocycles. The van der Waals surface area contributed by atoms with Crippen LogP contribution in [-0.4, -0.2) is 132 Å². The summed E-state index contributed by atoms with van der Waals surface area (Å²) < 4.78 is 26.5. The zero-order valence-electron chi connectivity index (χ0n) is 28.3. The number of ketones is 3. The van der Waals surface area contributed by atoms with Gasteiger partial charge in [-0.2, -0.15) is 0 Å². The Labute approximate surface area is 282 Å². The molecule has 0 spiro atoms. The number of ether oxygens (including phenoxy) is 5. The van der Waals surface area contributed by atoms with Crippen molar-refractivity contribution in [3.8, 4) is 0 Å². The van der Waals surface area contributed by atoms with Crippen LogP contribution in [0.15, 0.2) is 12.2 Å². The molecule has 0 unspecified atom stereocenters. The van der Waals surface area contributed by atoms with Crippen LogP contribution in [0.5, 0.6) is 0 Å². The molecule has 1 aliphatic rings. The van der Waals surface area contributed by atoms with E-state index in [0.29, 0.717) is 84.6 Å². The third-order valence-corrected chi connectivity index (χ3v) is 6.94. The van der Waals surface area contributed by atoms with Crippen LogP contribution in [0, 0.1) is 0 Å². The summed E-state index contributed by atoms with van der Waals surface area (Å²) in [6, 6.07) is 0. The van der Waals surface area contributed by atoms with Gasteiger partial charge in [-0.15, -0.1) is 0 Å². The topological polar surface area (TPSA) is 193 Å². The standard InChI is InChI=1S/C33H53N3O12/c1-44-18-2-5-28(38)11-21-47-25-15-34-31(41)14-24-46-20-4-7-29(39)12-22-48-26-16-35-30(40)13-23-45-19-3-6-27(37)10-17-36-32(42)8-9-33(36)43/h8-9H,2-7,10-26H2,1H3,(H,34,41)(H,35,40). The Bertz CT molecular complexity index is 1020. The highest BCUT2D eigenvalue weighted by molar-refractivity contribution is 6.13. The molecule has 0 saturated carbocycles. The highest BCUT2D eigenvalue weighted by Gasteiger charge is 2.23. The van der Waals surface area contributed by atoms with Gasteiger partial charge in [0.1, 0.15) is 17.3 Å². The number of rotatable bonds is 33. The second-order valence-electron chi connectivity index (χ2n) is 11.0. The van der Waals surface area contributed by atoms with Gasteiger partial charge in [0.25, 0.3) is 11.8 Å². The molecular weight excluding hydrogens is 630 g/mol. The number of nitrogens with one attached hydrogen (secondary N) is 2. The van der Waals surface area contributed by atoms with E-state index in [0.717, 1.165) is 4.90 Å². The normalized spacial score (nSPS) is 12.5. The molecule has 15 nitrogen and oxygen atoms in total. The highest BCUT2D eigenvalue weighted by Crippen LogP contribution is 2.06. The van der Waals surface area contributed by atoms with Crippen LogP contribution in [0.4, 0.5) is 0 Å². The van der Waals surface area contributed by atoms with E-state index in [-0.39, 0.29) is 94.2 Å². The second kappa shape index (κ2) is 28.6. The number of amides is 4. The number of hydrogen-bond donors (Lipinski definition) is 2. The molecule has 272 valence electrons. The van der Waals surface area contributed by atoms with Crippen molar-refractivity contribution in [1.82, 2.24) is 15.5 Å². The van der Waals surface area contributed by atoms with Crippen molar-refractivity contribution in [2.75, 3.05) is 86.2 Å². The minimum Gasteiger partial charge on any atom is -0.385 e. The van der Waals surface area contributed by atoms with E-state index in [1.807, 2.05) is 0 Å². The average Bonchev–Trinajstić information content (AvgIpc) is 3.38. The van der Waals surface area contributed by atoms with E-state index in [1.54, 1.807) is 7.11 Å². The maximum absolute atomic E-state index is 12.0. The van der Waals surface area contributed by atoms with Crippen LogP contribution in [0.2, 0.25) is 0 Å². The van der Waals surface area contributed by atoms with Gasteiger partial charge in [0, 0.05) is 110 Å². The molecule has 0 saturated heterocycles. The Hall–Kier alpha value is -3.37. The lowest BCUT2D eigenvalue weighted by atomic mass is 10.1. The van der Waals surface area contributed by atoms with Crippen LogP contribution < -0.4 is 10.6 Å². The Balaban J connectivity index is 1.83. The summed E-state index contributed by atoms with van der Waals surface area (Å²) in [5.41, 5.74) is 0. The molecule has 1 rings (SSSR count). The van der Waals surface area contributed by atoms with E-state index >= 15 is 0 Å². The summed E-state index contributed by atoms with van der Waals surface area (Å²) in [5, 5.41) is 5.44. The smallest absolute Gasteiger partial charge is 0.253 e. The lowest BCUT2D eigenvalue weighted by Crippen LogP contribution is -2.32. The molecule has 0 bridgehead atoms. The van der Waals surface area contributed by atoms with Crippen molar-refractivity contribution in [2.45, 2.75) is 70.6 Å². The van der Waals surface area contributed by atoms with Crippen molar-refractivity contribution in [3.05, 3.63) is 12.2 Å². The number of Topliss-reactive ketones (excluding diaryl/α,β-unsaturated/α-hetero) is 3. The van der Waals surface area contributed by atoms with E-state index in [4.69, 9.17) is 23.7 Å². The lowest BCUT2D eigenvalue weighted by molar-refractivity contribution is -0.137. The van der Waals surface area contributed by atoms with Crippen LogP contribution in [0.3, 0.4) is 0 Å². The number of carbonyl (C=O) groups is 7. The van der Waals surface area contributed by atoms with Gasteiger partial charge in [0.2, 0.25) is 11.8 Å². The van der Waals surface area contributed by atoms with Crippen molar-refractivity contribution < 1.29 is 57.2 Å². The van der Waals surface area contributed by atoms with Gasteiger partial charge in [-0.3, -0.25) is 38.5 Å². The van der Waals surface area contributed by atoms with Gasteiger partial charge in [0.05, 0.1) is 39.6 Å². The first-order valence-electron chi connectivity index (χ1n) is 16.6. The Morgan fingerprint density at radius 1 is 0.521 bits per heavy atom. The number of hydrogen-bond acceptors (Lipinski definition) is 12. The van der Waals surface area contributed by atoms with E-state index in [9.17, 15) is 33.6 Å². The number of imide groups is 1. The monoisotopic (exact) mass is 683 g/mol. The largest absolute Gasteiger partial charge is 0.385 e. The maximum atomic E-state index is 12.0. The van der Waals surface area contributed by atoms with Gasteiger partial charge in [-0.25, -0.2) is 0 Å². The van der Waals surface area contributed by atoms with Gasteiger partial charge < -0.3 is 34.3 Å². The molecule has 0 aromatic carbocycles. The summed E-state index contributed by atoms with van der Waals surface area (Å²) >= 11 is 0. The first kappa shape index (κ1) is 42.7. The van der Waals surface area contributed by atoms with Gasteiger partial charge in [0.15, 0.2) is 0 Å². The Morgan fingerprint density at radius 3 is 1.38 bits per heavy atom. The fourth-order valence-electron chi connectivity index (χ4n) is 4.23. The molecule has 0 atom stereocenters. The van der Waals surface area contributed by atoms with Gasteiger partial charge in [-0.05, 0) is 19.3 Å². The highest BCUT2D eigenvalue weighted by atomic mass is 16.5. The minimum absolute atomic E-state index is 0.0463. The number of methoxy groups -OCH3 is 1. The zero-order valence-corrected chi connectivity index (χ0v) is 28.3. The van der Waals surface area contributed by atoms with Gasteiger partial charge in [-0.1, -0.05) is 0 Å². The average molecular weight is 684 g/mol. The first-order chi connectivity index (χ1) is 23.2.